The molecule has 0 amide bonds. The lowest BCUT2D eigenvalue weighted by molar-refractivity contribution is 0.302. The molecular formula is C18H37N. The van der Waals surface area contributed by atoms with Crippen molar-refractivity contribution in [3.63, 3.8) is 0 Å². The van der Waals surface area contributed by atoms with Gasteiger partial charge in [0.1, 0.15) is 0 Å². The lowest BCUT2D eigenvalue weighted by atomic mass is 9.83. The highest BCUT2D eigenvalue weighted by molar-refractivity contribution is 4.74. The molecule has 0 unspecified atom stereocenters. The smallest absolute Gasteiger partial charge is 0.00390 e. The van der Waals surface area contributed by atoms with Gasteiger partial charge in [0.2, 0.25) is 0 Å². The van der Waals surface area contributed by atoms with Crippen LogP contribution in [0.3, 0.4) is 0 Å². The Labute approximate surface area is 121 Å². The molecule has 0 atom stereocenters. The van der Waals surface area contributed by atoms with Crippen molar-refractivity contribution >= 4 is 0 Å². The third kappa shape index (κ3) is 9.49. The topological polar surface area (TPSA) is 26.0 Å². The van der Waals surface area contributed by atoms with E-state index in [1.54, 1.807) is 0 Å². The van der Waals surface area contributed by atoms with Crippen LogP contribution >= 0.6 is 0 Å². The molecule has 2 N–H and O–H groups in total. The van der Waals surface area contributed by atoms with Crippen LogP contribution < -0.4 is 5.73 Å². The van der Waals surface area contributed by atoms with Gasteiger partial charge in [0.25, 0.3) is 0 Å². The molecule has 0 saturated heterocycles. The van der Waals surface area contributed by atoms with E-state index in [4.69, 9.17) is 5.73 Å². The number of hydrogen-bond donors (Lipinski definition) is 1. The van der Waals surface area contributed by atoms with Crippen LogP contribution in [0.1, 0.15) is 103 Å². The van der Waals surface area contributed by atoms with E-state index >= 15 is 0 Å². The van der Waals surface area contributed by atoms with E-state index in [1.165, 1.54) is 96.3 Å². The second-order valence-electron chi connectivity index (χ2n) is 6.75. The van der Waals surface area contributed by atoms with Gasteiger partial charge in [-0.1, -0.05) is 77.6 Å². The van der Waals surface area contributed by atoms with Gasteiger partial charge in [0.05, 0.1) is 0 Å². The minimum atomic E-state index is 0.518. The monoisotopic (exact) mass is 267 g/mol. The van der Waals surface area contributed by atoms with Gasteiger partial charge in [0.15, 0.2) is 0 Å². The molecule has 19 heavy (non-hydrogen) atoms. The van der Waals surface area contributed by atoms with Gasteiger partial charge in [0, 0.05) is 6.04 Å². The zero-order chi connectivity index (χ0) is 13.8. The zero-order valence-corrected chi connectivity index (χ0v) is 13.3. The molecule has 0 aromatic rings. The maximum Gasteiger partial charge on any atom is 0.00390 e. The fraction of sp³-hybridized carbons (Fsp3) is 1.00. The van der Waals surface area contributed by atoms with Crippen molar-refractivity contribution in [1.29, 1.82) is 0 Å². The minimum Gasteiger partial charge on any atom is -0.328 e. The Morgan fingerprint density at radius 3 is 1.68 bits per heavy atom. The Morgan fingerprint density at radius 1 is 0.684 bits per heavy atom. The summed E-state index contributed by atoms with van der Waals surface area (Å²) < 4.78 is 0. The fourth-order valence-electron chi connectivity index (χ4n) is 3.40. The van der Waals surface area contributed by atoms with Gasteiger partial charge in [-0.15, -0.1) is 0 Å². The first-order valence-electron chi connectivity index (χ1n) is 9.08. The molecular weight excluding hydrogens is 230 g/mol. The van der Waals surface area contributed by atoms with Crippen LogP contribution in [0, 0.1) is 5.92 Å². The van der Waals surface area contributed by atoms with E-state index in [2.05, 4.69) is 6.92 Å². The Balaban J connectivity index is 1.76. The van der Waals surface area contributed by atoms with Crippen molar-refractivity contribution in [2.75, 3.05) is 0 Å². The maximum absolute atomic E-state index is 5.95. The summed E-state index contributed by atoms with van der Waals surface area (Å²) in [5.74, 6) is 1.01. The van der Waals surface area contributed by atoms with Gasteiger partial charge in [-0.2, -0.15) is 0 Å². The Morgan fingerprint density at radius 2 is 1.16 bits per heavy atom. The summed E-state index contributed by atoms with van der Waals surface area (Å²) in [7, 11) is 0. The summed E-state index contributed by atoms with van der Waals surface area (Å²) in [6, 6.07) is 0.518. The van der Waals surface area contributed by atoms with E-state index in [0.29, 0.717) is 6.04 Å². The summed E-state index contributed by atoms with van der Waals surface area (Å²) in [5.41, 5.74) is 5.95. The summed E-state index contributed by atoms with van der Waals surface area (Å²) >= 11 is 0. The maximum atomic E-state index is 5.95. The summed E-state index contributed by atoms with van der Waals surface area (Å²) in [6.45, 7) is 2.29. The highest BCUT2D eigenvalue weighted by Gasteiger charge is 2.17. The molecule has 0 radical (unpaired) electrons. The summed E-state index contributed by atoms with van der Waals surface area (Å²) in [4.78, 5) is 0. The zero-order valence-electron chi connectivity index (χ0n) is 13.3. The molecule has 1 saturated carbocycles. The predicted octanol–water partition coefficient (Wildman–Crippen LogP) is 5.81. The average Bonchev–Trinajstić information content (AvgIpc) is 2.43. The minimum absolute atomic E-state index is 0.518. The van der Waals surface area contributed by atoms with E-state index in [-0.39, 0.29) is 0 Å². The second-order valence-corrected chi connectivity index (χ2v) is 6.75. The van der Waals surface area contributed by atoms with Crippen molar-refractivity contribution in [1.82, 2.24) is 0 Å². The molecule has 0 aliphatic heterocycles. The largest absolute Gasteiger partial charge is 0.328 e. The first-order valence-corrected chi connectivity index (χ1v) is 9.08. The number of unbranched alkanes of at least 4 members (excludes halogenated alkanes) is 9. The first-order chi connectivity index (χ1) is 9.33. The van der Waals surface area contributed by atoms with Crippen molar-refractivity contribution in [3.05, 3.63) is 0 Å². The molecule has 1 rings (SSSR count). The number of rotatable bonds is 11. The highest BCUT2D eigenvalue weighted by Crippen LogP contribution is 2.27. The van der Waals surface area contributed by atoms with Gasteiger partial charge in [-0.05, 0) is 31.6 Å². The third-order valence-corrected chi connectivity index (χ3v) is 4.86. The van der Waals surface area contributed by atoms with Crippen molar-refractivity contribution < 1.29 is 0 Å². The number of nitrogens with two attached hydrogens (primary N) is 1. The Bertz CT molecular complexity index is 182. The molecule has 1 nitrogen and oxygen atoms in total. The van der Waals surface area contributed by atoms with Gasteiger partial charge < -0.3 is 5.73 Å². The number of hydrogen-bond acceptors (Lipinski definition) is 1. The van der Waals surface area contributed by atoms with Gasteiger partial charge >= 0.3 is 0 Å². The van der Waals surface area contributed by atoms with Crippen LogP contribution in [-0.2, 0) is 0 Å². The lowest BCUT2D eigenvalue weighted by Crippen LogP contribution is -2.26. The molecule has 114 valence electrons. The van der Waals surface area contributed by atoms with Crippen molar-refractivity contribution in [2.45, 2.75) is 109 Å². The Hall–Kier alpha value is -0.0400. The van der Waals surface area contributed by atoms with E-state index in [9.17, 15) is 0 Å². The van der Waals surface area contributed by atoms with E-state index < -0.39 is 0 Å². The standard InChI is InChI=1S/C18H37N/c1-2-3-4-5-6-7-8-9-10-11-12-17-13-15-18(19)16-14-17/h17-18H,2-16,19H2,1H3/t17-,18-. The van der Waals surface area contributed by atoms with Gasteiger partial charge in [-0.3, -0.25) is 0 Å². The predicted molar refractivity (Wildman–Crippen MR) is 86.4 cm³/mol. The fourth-order valence-corrected chi connectivity index (χ4v) is 3.40. The lowest BCUT2D eigenvalue weighted by Gasteiger charge is -2.25. The first kappa shape index (κ1) is 17.0. The summed E-state index contributed by atoms with van der Waals surface area (Å²) in [5, 5.41) is 0. The van der Waals surface area contributed by atoms with E-state index in [1.807, 2.05) is 0 Å². The SMILES string of the molecule is CCCCCCCCCCCC[C@H]1CC[C@H](N)CC1. The quantitative estimate of drug-likeness (QED) is 0.469. The van der Waals surface area contributed by atoms with Crippen LogP contribution in [0.25, 0.3) is 0 Å². The molecule has 1 aliphatic carbocycles. The summed E-state index contributed by atoms with van der Waals surface area (Å²) in [6.07, 6.45) is 21.4. The van der Waals surface area contributed by atoms with Gasteiger partial charge in [-0.25, -0.2) is 0 Å². The second kappa shape index (κ2) is 11.8. The van der Waals surface area contributed by atoms with Crippen molar-refractivity contribution in [3.8, 4) is 0 Å². The average molecular weight is 268 g/mol. The molecule has 0 bridgehead atoms. The van der Waals surface area contributed by atoms with Crippen LogP contribution in [0.5, 0.6) is 0 Å². The van der Waals surface area contributed by atoms with Crippen LogP contribution in [0.2, 0.25) is 0 Å². The van der Waals surface area contributed by atoms with E-state index in [0.717, 1.165) is 5.92 Å². The third-order valence-electron chi connectivity index (χ3n) is 4.86. The molecule has 1 heteroatoms. The molecule has 0 aromatic carbocycles. The molecule has 0 spiro atoms. The highest BCUT2D eigenvalue weighted by atomic mass is 14.6. The molecule has 1 aliphatic rings. The normalized spacial score (nSPS) is 23.7. The Kier molecular flexibility index (Phi) is 10.5. The van der Waals surface area contributed by atoms with Crippen LogP contribution in [0.4, 0.5) is 0 Å². The molecule has 0 aromatic heterocycles. The van der Waals surface area contributed by atoms with Crippen LogP contribution in [0.15, 0.2) is 0 Å². The van der Waals surface area contributed by atoms with Crippen molar-refractivity contribution in [2.24, 2.45) is 11.7 Å². The molecule has 0 heterocycles. The van der Waals surface area contributed by atoms with Crippen LogP contribution in [-0.4, -0.2) is 6.04 Å². The molecule has 1 fully saturated rings.